The second-order valence-electron chi connectivity index (χ2n) is 6.02. The van der Waals surface area contributed by atoms with Crippen LogP contribution in [0.1, 0.15) is 40.0 Å². The lowest BCUT2D eigenvalue weighted by Gasteiger charge is -2.38. The first kappa shape index (κ1) is 12.3. The van der Waals surface area contributed by atoms with Crippen LogP contribution in [-0.4, -0.2) is 24.1 Å². The molecule has 0 heterocycles. The van der Waals surface area contributed by atoms with Gasteiger partial charge in [0.2, 0.25) is 0 Å². The molecule has 3 atom stereocenters. The molecule has 0 spiro atoms. The van der Waals surface area contributed by atoms with Crippen LogP contribution in [0.25, 0.3) is 0 Å². The molecule has 0 aromatic rings. The molecule has 0 aromatic heterocycles. The van der Waals surface area contributed by atoms with Crippen LogP contribution in [0.3, 0.4) is 0 Å². The number of hydrogen-bond donors (Lipinski definition) is 0. The van der Waals surface area contributed by atoms with Gasteiger partial charge in [-0.05, 0) is 36.9 Å². The molecule has 3 heteroatoms. The molecule has 0 amide bonds. The normalized spacial score (nSPS) is 40.0. The van der Waals surface area contributed by atoms with Gasteiger partial charge < -0.3 is 4.74 Å². The van der Waals surface area contributed by atoms with Crippen LogP contribution in [0.2, 0.25) is 0 Å². The highest BCUT2D eigenvalue weighted by Gasteiger charge is 2.62. The highest BCUT2D eigenvalue weighted by atomic mass is 32.2. The van der Waals surface area contributed by atoms with Gasteiger partial charge in [0.15, 0.2) is 0 Å². The Morgan fingerprint density at radius 3 is 2.56 bits per heavy atom. The van der Waals surface area contributed by atoms with E-state index in [-0.39, 0.29) is 17.5 Å². The van der Waals surface area contributed by atoms with Gasteiger partial charge in [-0.15, -0.1) is 0 Å². The minimum atomic E-state index is -0.0397. The summed E-state index contributed by atoms with van der Waals surface area (Å²) < 4.78 is 5.66. The molecule has 0 saturated heterocycles. The first-order chi connectivity index (χ1) is 7.41. The summed E-state index contributed by atoms with van der Waals surface area (Å²) in [5, 5.41) is 0. The maximum atomic E-state index is 11.6. The van der Waals surface area contributed by atoms with Gasteiger partial charge in [0.05, 0.1) is 5.75 Å². The molecule has 0 N–H and O–H groups in total. The highest BCUT2D eigenvalue weighted by Crippen LogP contribution is 2.66. The molecule has 2 aliphatic carbocycles. The van der Waals surface area contributed by atoms with E-state index in [1.54, 1.807) is 0 Å². The molecule has 92 valence electrons. The van der Waals surface area contributed by atoms with Gasteiger partial charge in [-0.3, -0.25) is 4.79 Å². The predicted molar refractivity (Wildman–Crippen MR) is 67.5 cm³/mol. The second-order valence-corrected chi connectivity index (χ2v) is 6.89. The number of esters is 1. The van der Waals surface area contributed by atoms with Crippen molar-refractivity contribution in [2.75, 3.05) is 12.0 Å². The molecule has 3 unspecified atom stereocenters. The standard InChI is InChI=1S/C13H22O2S/c1-12(2)9-5-6-13(12,3)10(7-9)15-11(14)8-16-4/h9-10H,5-8H2,1-4H3. The van der Waals surface area contributed by atoms with E-state index in [4.69, 9.17) is 4.74 Å². The van der Waals surface area contributed by atoms with Crippen molar-refractivity contribution in [2.24, 2.45) is 16.7 Å². The molecule has 2 rings (SSSR count). The molecule has 16 heavy (non-hydrogen) atoms. The van der Waals surface area contributed by atoms with Crippen LogP contribution in [0.4, 0.5) is 0 Å². The molecule has 0 aromatic carbocycles. The molecule has 0 aliphatic heterocycles. The molecule has 2 aliphatic rings. The Morgan fingerprint density at radius 2 is 2.12 bits per heavy atom. The van der Waals surface area contributed by atoms with Crippen molar-refractivity contribution in [3.63, 3.8) is 0 Å². The second kappa shape index (κ2) is 3.94. The molecule has 2 saturated carbocycles. The van der Waals surface area contributed by atoms with Crippen LogP contribution >= 0.6 is 11.8 Å². The van der Waals surface area contributed by atoms with E-state index in [0.29, 0.717) is 11.2 Å². The first-order valence-corrected chi connectivity index (χ1v) is 7.49. The van der Waals surface area contributed by atoms with Crippen LogP contribution in [-0.2, 0) is 9.53 Å². The number of ether oxygens (including phenoxy) is 1. The summed E-state index contributed by atoms with van der Waals surface area (Å²) in [7, 11) is 0. The SMILES string of the molecule is CSCC(=O)OC1CC2CCC1(C)C2(C)C. The zero-order valence-corrected chi connectivity index (χ0v) is 11.5. The molecule has 2 nitrogen and oxygen atoms in total. The summed E-state index contributed by atoms with van der Waals surface area (Å²) in [6.45, 7) is 6.98. The van der Waals surface area contributed by atoms with Crippen molar-refractivity contribution in [3.8, 4) is 0 Å². The number of hydrogen-bond acceptors (Lipinski definition) is 3. The van der Waals surface area contributed by atoms with Gasteiger partial charge in [0, 0.05) is 5.41 Å². The quantitative estimate of drug-likeness (QED) is 0.711. The molecular weight excluding hydrogens is 220 g/mol. The van der Waals surface area contributed by atoms with Crippen molar-refractivity contribution in [1.29, 1.82) is 0 Å². The van der Waals surface area contributed by atoms with Crippen molar-refractivity contribution in [3.05, 3.63) is 0 Å². The van der Waals surface area contributed by atoms with Gasteiger partial charge in [-0.2, -0.15) is 11.8 Å². The van der Waals surface area contributed by atoms with Crippen LogP contribution in [0, 0.1) is 16.7 Å². The lowest BCUT2D eigenvalue weighted by atomic mass is 9.70. The van der Waals surface area contributed by atoms with E-state index in [2.05, 4.69) is 20.8 Å². The monoisotopic (exact) mass is 242 g/mol. The fourth-order valence-electron chi connectivity index (χ4n) is 3.62. The van der Waals surface area contributed by atoms with Crippen molar-refractivity contribution in [1.82, 2.24) is 0 Å². The Morgan fingerprint density at radius 1 is 1.44 bits per heavy atom. The minimum Gasteiger partial charge on any atom is -0.461 e. The largest absolute Gasteiger partial charge is 0.461 e. The maximum absolute atomic E-state index is 11.6. The van der Waals surface area contributed by atoms with Crippen molar-refractivity contribution < 1.29 is 9.53 Å². The van der Waals surface area contributed by atoms with Crippen LogP contribution in [0.5, 0.6) is 0 Å². The Balaban J connectivity index is 2.07. The van der Waals surface area contributed by atoms with Gasteiger partial charge in [-0.1, -0.05) is 20.8 Å². The lowest BCUT2D eigenvalue weighted by molar-refractivity contribution is -0.153. The average molecular weight is 242 g/mol. The van der Waals surface area contributed by atoms with Gasteiger partial charge in [-0.25, -0.2) is 0 Å². The Hall–Kier alpha value is -0.180. The topological polar surface area (TPSA) is 26.3 Å². The number of thioether (sulfide) groups is 1. The van der Waals surface area contributed by atoms with Gasteiger partial charge >= 0.3 is 5.97 Å². The summed E-state index contributed by atoms with van der Waals surface area (Å²) >= 11 is 1.54. The predicted octanol–water partition coefficient (Wildman–Crippen LogP) is 3.11. The van der Waals surface area contributed by atoms with Gasteiger partial charge in [0.25, 0.3) is 0 Å². The zero-order valence-electron chi connectivity index (χ0n) is 10.7. The lowest BCUT2D eigenvalue weighted by Crippen LogP contribution is -2.38. The minimum absolute atomic E-state index is 0.0397. The van der Waals surface area contributed by atoms with Crippen molar-refractivity contribution >= 4 is 17.7 Å². The first-order valence-electron chi connectivity index (χ1n) is 6.10. The smallest absolute Gasteiger partial charge is 0.316 e. The third kappa shape index (κ3) is 1.59. The Kier molecular flexibility index (Phi) is 3.02. The van der Waals surface area contributed by atoms with Crippen LogP contribution < -0.4 is 0 Å². The van der Waals surface area contributed by atoms with E-state index in [0.717, 1.165) is 12.3 Å². The third-order valence-corrected chi connectivity index (χ3v) is 5.77. The summed E-state index contributed by atoms with van der Waals surface area (Å²) in [4.78, 5) is 11.6. The summed E-state index contributed by atoms with van der Waals surface area (Å²) in [5.41, 5.74) is 0.531. The molecular formula is C13H22O2S. The molecule has 0 radical (unpaired) electrons. The van der Waals surface area contributed by atoms with E-state index >= 15 is 0 Å². The third-order valence-electron chi connectivity index (χ3n) is 5.25. The summed E-state index contributed by atoms with van der Waals surface area (Å²) in [6.07, 6.45) is 5.68. The van der Waals surface area contributed by atoms with Crippen molar-refractivity contribution in [2.45, 2.75) is 46.1 Å². The summed E-state index contributed by atoms with van der Waals surface area (Å²) in [6, 6.07) is 0. The number of carbonyl (C=O) groups is 1. The van der Waals surface area contributed by atoms with E-state index < -0.39 is 0 Å². The average Bonchev–Trinajstić information content (AvgIpc) is 2.51. The van der Waals surface area contributed by atoms with Crippen LogP contribution in [0.15, 0.2) is 0 Å². The molecule has 2 fully saturated rings. The van der Waals surface area contributed by atoms with E-state index in [1.807, 2.05) is 6.26 Å². The Bertz CT molecular complexity index is 300. The molecule has 2 bridgehead atoms. The number of fused-ring (bicyclic) bond motifs is 2. The Labute approximate surface area is 103 Å². The fourth-order valence-corrected chi connectivity index (χ4v) is 3.92. The maximum Gasteiger partial charge on any atom is 0.316 e. The fraction of sp³-hybridized carbons (Fsp3) is 0.923. The van der Waals surface area contributed by atoms with Gasteiger partial charge in [0.1, 0.15) is 6.10 Å². The number of carbonyl (C=O) groups excluding carboxylic acids is 1. The number of rotatable bonds is 3. The zero-order chi connectivity index (χ0) is 12.0. The highest BCUT2D eigenvalue weighted by molar-refractivity contribution is 7.99. The summed E-state index contributed by atoms with van der Waals surface area (Å²) in [5.74, 6) is 1.18. The van der Waals surface area contributed by atoms with E-state index in [9.17, 15) is 4.79 Å². The van der Waals surface area contributed by atoms with E-state index in [1.165, 1.54) is 24.6 Å².